The van der Waals surface area contributed by atoms with Gasteiger partial charge in [-0.25, -0.2) is 9.97 Å². The van der Waals surface area contributed by atoms with Gasteiger partial charge in [-0.05, 0) is 42.8 Å². The second-order valence-corrected chi connectivity index (χ2v) is 7.15. The first kappa shape index (κ1) is 21.1. The lowest BCUT2D eigenvalue weighted by Crippen LogP contribution is -2.05. The van der Waals surface area contributed by atoms with Gasteiger partial charge in [-0.3, -0.25) is 4.79 Å². The predicted octanol–water partition coefficient (Wildman–Crippen LogP) is 4.83. The molecule has 162 valence electrons. The highest BCUT2D eigenvalue weighted by Crippen LogP contribution is 2.23. The molecule has 32 heavy (non-hydrogen) atoms. The van der Waals surface area contributed by atoms with Crippen molar-refractivity contribution in [2.75, 3.05) is 0 Å². The van der Waals surface area contributed by atoms with Gasteiger partial charge in [0.25, 0.3) is 0 Å². The van der Waals surface area contributed by atoms with Crippen LogP contribution in [0.3, 0.4) is 0 Å². The number of carboxylic acid groups (broad SMARTS) is 1. The Balaban J connectivity index is 1.34. The third-order valence-corrected chi connectivity index (χ3v) is 4.78. The Morgan fingerprint density at radius 3 is 2.50 bits per heavy atom. The Morgan fingerprint density at radius 2 is 1.75 bits per heavy atom. The van der Waals surface area contributed by atoms with Gasteiger partial charge < -0.3 is 19.0 Å². The highest BCUT2D eigenvalue weighted by Gasteiger charge is 2.12. The first-order valence-corrected chi connectivity index (χ1v) is 10.1. The Morgan fingerprint density at radius 1 is 0.969 bits per heavy atom. The maximum atomic E-state index is 11.0. The monoisotopic (exact) mass is 430 g/mol. The number of pyridine rings is 1. The Labute approximate surface area is 185 Å². The average molecular weight is 430 g/mol. The molecule has 0 unspecified atom stereocenters. The maximum Gasteiger partial charge on any atom is 0.308 e. The smallest absolute Gasteiger partial charge is 0.308 e. The molecule has 4 aromatic rings. The van der Waals surface area contributed by atoms with E-state index in [1.54, 1.807) is 18.3 Å². The summed E-state index contributed by atoms with van der Waals surface area (Å²) < 4.78 is 17.3. The summed E-state index contributed by atoms with van der Waals surface area (Å²) in [5, 5.41) is 9.01. The quantitative estimate of drug-likeness (QED) is 0.406. The summed E-state index contributed by atoms with van der Waals surface area (Å²) in [6, 6.07) is 20.6. The summed E-state index contributed by atoms with van der Waals surface area (Å²) in [7, 11) is 0. The third-order valence-electron chi connectivity index (χ3n) is 4.78. The normalized spacial score (nSPS) is 10.7. The summed E-state index contributed by atoms with van der Waals surface area (Å²) in [6.07, 6.45) is 1.44. The van der Waals surface area contributed by atoms with Crippen LogP contribution in [-0.4, -0.2) is 21.0 Å². The molecule has 0 atom stereocenters. The van der Waals surface area contributed by atoms with Crippen molar-refractivity contribution in [3.8, 4) is 23.1 Å². The summed E-state index contributed by atoms with van der Waals surface area (Å²) in [5.41, 5.74) is 3.12. The molecule has 0 bridgehead atoms. The van der Waals surface area contributed by atoms with Crippen LogP contribution in [0.25, 0.3) is 11.5 Å². The molecule has 4 rings (SSSR count). The van der Waals surface area contributed by atoms with Crippen molar-refractivity contribution < 1.29 is 23.8 Å². The molecule has 7 heteroatoms. The van der Waals surface area contributed by atoms with E-state index in [1.807, 2.05) is 61.5 Å². The van der Waals surface area contributed by atoms with Crippen LogP contribution in [0, 0.1) is 6.92 Å². The van der Waals surface area contributed by atoms with E-state index < -0.39 is 5.97 Å². The van der Waals surface area contributed by atoms with Crippen LogP contribution < -0.4 is 9.47 Å². The molecule has 0 fully saturated rings. The number of carboxylic acids is 1. The maximum absolute atomic E-state index is 11.0. The van der Waals surface area contributed by atoms with E-state index in [0.29, 0.717) is 29.7 Å². The van der Waals surface area contributed by atoms with Crippen molar-refractivity contribution in [2.24, 2.45) is 0 Å². The number of oxazole rings is 1. The molecule has 0 saturated carbocycles. The summed E-state index contributed by atoms with van der Waals surface area (Å²) in [6.45, 7) is 2.44. The van der Waals surface area contributed by atoms with Crippen molar-refractivity contribution in [2.45, 2.75) is 26.6 Å². The van der Waals surface area contributed by atoms with Crippen LogP contribution in [0.2, 0.25) is 0 Å². The topological polar surface area (TPSA) is 94.7 Å². The number of rotatable bonds is 9. The second-order valence-electron chi connectivity index (χ2n) is 7.15. The molecule has 0 spiro atoms. The van der Waals surface area contributed by atoms with Gasteiger partial charge in [0.1, 0.15) is 30.4 Å². The number of aromatic nitrogens is 2. The Kier molecular flexibility index (Phi) is 6.46. The zero-order valence-corrected chi connectivity index (χ0v) is 17.5. The van der Waals surface area contributed by atoms with E-state index in [-0.39, 0.29) is 13.0 Å². The van der Waals surface area contributed by atoms with Gasteiger partial charge in [-0.15, -0.1) is 0 Å². The van der Waals surface area contributed by atoms with Crippen molar-refractivity contribution in [3.63, 3.8) is 0 Å². The van der Waals surface area contributed by atoms with Crippen LogP contribution in [-0.2, 0) is 24.4 Å². The molecular weight excluding hydrogens is 408 g/mol. The molecule has 0 radical (unpaired) electrons. The molecule has 2 heterocycles. The first-order chi connectivity index (χ1) is 15.6. The van der Waals surface area contributed by atoms with E-state index in [4.69, 9.17) is 19.0 Å². The minimum absolute atomic E-state index is 0.136. The van der Waals surface area contributed by atoms with Gasteiger partial charge in [-0.2, -0.15) is 0 Å². The fourth-order valence-electron chi connectivity index (χ4n) is 3.10. The number of aryl methyl sites for hydroxylation is 1. The molecule has 0 aliphatic heterocycles. The number of hydrogen-bond donors (Lipinski definition) is 1. The fraction of sp³-hybridized carbons (Fsp3) is 0.160. The predicted molar refractivity (Wildman–Crippen MR) is 117 cm³/mol. The first-order valence-electron chi connectivity index (χ1n) is 10.1. The zero-order chi connectivity index (χ0) is 22.3. The Hall–Kier alpha value is -4.13. The van der Waals surface area contributed by atoms with E-state index in [1.165, 1.54) is 0 Å². The third kappa shape index (κ3) is 5.31. The lowest BCUT2D eigenvalue weighted by atomic mass is 10.2. The van der Waals surface area contributed by atoms with Gasteiger partial charge in [-0.1, -0.05) is 36.4 Å². The highest BCUT2D eigenvalue weighted by molar-refractivity contribution is 5.70. The van der Waals surface area contributed by atoms with Crippen molar-refractivity contribution >= 4 is 5.97 Å². The number of hydrogen-bond acceptors (Lipinski definition) is 6. The molecule has 2 aromatic heterocycles. The van der Waals surface area contributed by atoms with Gasteiger partial charge >= 0.3 is 5.97 Å². The van der Waals surface area contributed by atoms with Gasteiger partial charge in [0.2, 0.25) is 11.8 Å². The van der Waals surface area contributed by atoms with E-state index in [2.05, 4.69) is 9.97 Å². The molecule has 0 aliphatic rings. The Bertz CT molecular complexity index is 1190. The zero-order valence-electron chi connectivity index (χ0n) is 17.5. The van der Waals surface area contributed by atoms with Crippen molar-refractivity contribution in [3.05, 3.63) is 95.5 Å². The van der Waals surface area contributed by atoms with Crippen LogP contribution in [0.15, 0.2) is 77.3 Å². The molecule has 1 N–H and O–H groups in total. The van der Waals surface area contributed by atoms with Crippen molar-refractivity contribution in [1.82, 2.24) is 9.97 Å². The summed E-state index contributed by atoms with van der Waals surface area (Å²) in [4.78, 5) is 19.7. The summed E-state index contributed by atoms with van der Waals surface area (Å²) in [5.74, 6) is 1.39. The molecule has 0 amide bonds. The second kappa shape index (κ2) is 9.78. The number of benzene rings is 2. The largest absolute Gasteiger partial charge is 0.487 e. The standard InChI is InChI=1S/C25H22N2O5/c1-17-22(27-25(32-17)19-6-3-2-4-7-19)16-30-21-11-9-18(10-12-21)15-31-24-20(14-23(28)29)8-5-13-26-24/h2-13H,14-16H2,1H3,(H,28,29). The number of nitrogens with zero attached hydrogens (tertiary/aromatic N) is 2. The van der Waals surface area contributed by atoms with Crippen LogP contribution in [0.5, 0.6) is 11.6 Å². The van der Waals surface area contributed by atoms with Gasteiger partial charge in [0.05, 0.1) is 6.42 Å². The minimum Gasteiger partial charge on any atom is -0.487 e. The molecule has 0 aliphatic carbocycles. The van der Waals surface area contributed by atoms with E-state index in [9.17, 15) is 4.79 Å². The SMILES string of the molecule is Cc1oc(-c2ccccc2)nc1COc1ccc(COc2ncccc2CC(=O)O)cc1. The number of ether oxygens (including phenoxy) is 2. The van der Waals surface area contributed by atoms with Crippen molar-refractivity contribution in [1.29, 1.82) is 0 Å². The average Bonchev–Trinajstić information content (AvgIpc) is 3.18. The fourth-order valence-corrected chi connectivity index (χ4v) is 3.10. The molecule has 0 saturated heterocycles. The van der Waals surface area contributed by atoms with Crippen LogP contribution >= 0.6 is 0 Å². The van der Waals surface area contributed by atoms with Gasteiger partial charge in [0.15, 0.2) is 0 Å². The molecule has 2 aromatic carbocycles. The van der Waals surface area contributed by atoms with E-state index >= 15 is 0 Å². The lowest BCUT2D eigenvalue weighted by molar-refractivity contribution is -0.136. The van der Waals surface area contributed by atoms with E-state index in [0.717, 1.165) is 22.6 Å². The lowest BCUT2D eigenvalue weighted by Gasteiger charge is -2.10. The minimum atomic E-state index is -0.928. The van der Waals surface area contributed by atoms with Crippen LogP contribution in [0.4, 0.5) is 0 Å². The van der Waals surface area contributed by atoms with Gasteiger partial charge in [0, 0.05) is 17.3 Å². The van der Waals surface area contributed by atoms with Crippen LogP contribution in [0.1, 0.15) is 22.6 Å². The number of aliphatic carboxylic acids is 1. The molecular formula is C25H22N2O5. The highest BCUT2D eigenvalue weighted by atomic mass is 16.5. The summed E-state index contributed by atoms with van der Waals surface area (Å²) >= 11 is 0. The number of carbonyl (C=O) groups is 1. The molecule has 7 nitrogen and oxygen atoms in total.